The number of hydrogen-bond donors (Lipinski definition) is 0. The fraction of sp³-hybridized carbons (Fsp3) is 0.933. The Labute approximate surface area is 128 Å². The van der Waals surface area contributed by atoms with E-state index in [0.717, 1.165) is 26.3 Å². The highest BCUT2D eigenvalue weighted by Crippen LogP contribution is 2.14. The summed E-state index contributed by atoms with van der Waals surface area (Å²) in [5, 5.41) is 0. The SMILES string of the molecule is CC(C)N1CCOCC1.COC(=O)N1CC(OC(C)C)C1. The third-order valence-electron chi connectivity index (χ3n) is 3.52. The number of methoxy groups -OCH3 is 1. The molecule has 0 aromatic carbocycles. The Morgan fingerprint density at radius 3 is 2.10 bits per heavy atom. The van der Waals surface area contributed by atoms with Crippen molar-refractivity contribution >= 4 is 6.09 Å². The molecule has 0 atom stereocenters. The zero-order valence-corrected chi connectivity index (χ0v) is 14.0. The van der Waals surface area contributed by atoms with Crippen LogP contribution in [0, 0.1) is 0 Å². The van der Waals surface area contributed by atoms with Gasteiger partial charge >= 0.3 is 6.09 Å². The van der Waals surface area contributed by atoms with Crippen LogP contribution in [0.1, 0.15) is 27.7 Å². The van der Waals surface area contributed by atoms with Gasteiger partial charge in [-0.25, -0.2) is 4.79 Å². The lowest BCUT2D eigenvalue weighted by Crippen LogP contribution is -2.55. The number of rotatable bonds is 3. The molecule has 0 unspecified atom stereocenters. The van der Waals surface area contributed by atoms with Gasteiger partial charge in [-0.2, -0.15) is 0 Å². The largest absolute Gasteiger partial charge is 0.453 e. The molecule has 2 aliphatic rings. The fourth-order valence-electron chi connectivity index (χ4n) is 2.28. The first-order valence-corrected chi connectivity index (χ1v) is 7.74. The highest BCUT2D eigenvalue weighted by Gasteiger charge is 2.32. The van der Waals surface area contributed by atoms with Gasteiger partial charge in [-0.05, 0) is 27.7 Å². The lowest BCUT2D eigenvalue weighted by atomic mass is 10.2. The van der Waals surface area contributed by atoms with Crippen molar-refractivity contribution in [2.75, 3.05) is 46.5 Å². The maximum atomic E-state index is 10.9. The first-order valence-electron chi connectivity index (χ1n) is 7.74. The molecule has 124 valence electrons. The molecule has 1 amide bonds. The van der Waals surface area contributed by atoms with Gasteiger partial charge in [0.2, 0.25) is 0 Å². The highest BCUT2D eigenvalue weighted by molar-refractivity contribution is 5.68. The molecule has 2 heterocycles. The first-order chi connectivity index (χ1) is 9.93. The van der Waals surface area contributed by atoms with Crippen molar-refractivity contribution in [3.05, 3.63) is 0 Å². The van der Waals surface area contributed by atoms with Gasteiger partial charge in [0, 0.05) is 19.1 Å². The van der Waals surface area contributed by atoms with Gasteiger partial charge in [0.15, 0.2) is 0 Å². The molecule has 2 rings (SSSR count). The molecule has 2 fully saturated rings. The summed E-state index contributed by atoms with van der Waals surface area (Å²) in [6.45, 7) is 13.8. The molecule has 0 saturated carbocycles. The molecule has 6 nitrogen and oxygen atoms in total. The van der Waals surface area contributed by atoms with Gasteiger partial charge in [-0.3, -0.25) is 4.90 Å². The number of carbonyl (C=O) groups is 1. The Morgan fingerprint density at radius 2 is 1.71 bits per heavy atom. The molecule has 0 radical (unpaired) electrons. The summed E-state index contributed by atoms with van der Waals surface area (Å²) in [6.07, 6.45) is 0.164. The maximum Gasteiger partial charge on any atom is 0.409 e. The third kappa shape index (κ3) is 6.63. The zero-order chi connectivity index (χ0) is 15.8. The summed E-state index contributed by atoms with van der Waals surface area (Å²) < 4.78 is 15.2. The Morgan fingerprint density at radius 1 is 1.14 bits per heavy atom. The van der Waals surface area contributed by atoms with Crippen molar-refractivity contribution < 1.29 is 19.0 Å². The average Bonchev–Trinajstić information content (AvgIpc) is 2.43. The maximum absolute atomic E-state index is 10.9. The Balaban J connectivity index is 0.000000219. The summed E-state index contributed by atoms with van der Waals surface area (Å²) in [5.74, 6) is 0. The van der Waals surface area contributed by atoms with Crippen molar-refractivity contribution in [3.63, 3.8) is 0 Å². The van der Waals surface area contributed by atoms with Gasteiger partial charge in [0.25, 0.3) is 0 Å². The standard InChI is InChI=1S/C8H15NO3.C7H15NO/c1-6(2)12-7-4-9(5-7)8(10)11-3;1-7(2)8-3-5-9-6-4-8/h6-7H,4-5H2,1-3H3;7H,3-6H2,1-2H3. The monoisotopic (exact) mass is 302 g/mol. The number of nitrogens with zero attached hydrogens (tertiary/aromatic N) is 2. The van der Waals surface area contributed by atoms with E-state index >= 15 is 0 Å². The third-order valence-corrected chi connectivity index (χ3v) is 3.52. The molecule has 0 N–H and O–H groups in total. The van der Waals surface area contributed by atoms with Gasteiger partial charge in [-0.1, -0.05) is 0 Å². The van der Waals surface area contributed by atoms with Gasteiger partial charge in [-0.15, -0.1) is 0 Å². The highest BCUT2D eigenvalue weighted by atomic mass is 16.5. The lowest BCUT2D eigenvalue weighted by Gasteiger charge is -2.38. The van der Waals surface area contributed by atoms with Crippen molar-refractivity contribution in [3.8, 4) is 0 Å². The normalized spacial score (nSPS) is 20.0. The summed E-state index contributed by atoms with van der Waals surface area (Å²) in [4.78, 5) is 14.9. The summed E-state index contributed by atoms with van der Waals surface area (Å²) in [6, 6.07) is 0.689. The minimum atomic E-state index is -0.265. The van der Waals surface area contributed by atoms with E-state index in [9.17, 15) is 4.79 Å². The van der Waals surface area contributed by atoms with Gasteiger partial charge in [0.05, 0.1) is 45.6 Å². The number of ether oxygens (including phenoxy) is 3. The topological polar surface area (TPSA) is 51.2 Å². The average molecular weight is 302 g/mol. The Hall–Kier alpha value is -0.850. The summed E-state index contributed by atoms with van der Waals surface area (Å²) >= 11 is 0. The second kappa shape index (κ2) is 9.23. The molecule has 2 saturated heterocycles. The minimum Gasteiger partial charge on any atom is -0.453 e. The number of likely N-dealkylation sites (tertiary alicyclic amines) is 1. The van der Waals surface area contributed by atoms with Crippen LogP contribution in [0.25, 0.3) is 0 Å². The molecule has 2 aliphatic heterocycles. The van der Waals surface area contributed by atoms with E-state index in [4.69, 9.17) is 9.47 Å². The predicted molar refractivity (Wildman–Crippen MR) is 81.5 cm³/mol. The van der Waals surface area contributed by atoms with Crippen molar-refractivity contribution in [2.24, 2.45) is 0 Å². The molecule has 0 aromatic rings. The lowest BCUT2D eigenvalue weighted by molar-refractivity contribution is -0.0725. The number of amides is 1. The molecule has 0 aliphatic carbocycles. The fourth-order valence-corrected chi connectivity index (χ4v) is 2.28. The van der Waals surface area contributed by atoms with Crippen LogP contribution in [-0.4, -0.2) is 80.6 Å². The van der Waals surface area contributed by atoms with Crippen LogP contribution in [0.15, 0.2) is 0 Å². The smallest absolute Gasteiger partial charge is 0.409 e. The molecule has 21 heavy (non-hydrogen) atoms. The number of morpholine rings is 1. The van der Waals surface area contributed by atoms with Gasteiger partial charge < -0.3 is 19.1 Å². The first kappa shape index (κ1) is 18.2. The Bertz CT molecular complexity index is 298. The summed E-state index contributed by atoms with van der Waals surface area (Å²) in [7, 11) is 1.39. The second-order valence-electron chi connectivity index (χ2n) is 5.92. The van der Waals surface area contributed by atoms with Crippen LogP contribution in [0.4, 0.5) is 4.79 Å². The van der Waals surface area contributed by atoms with E-state index in [2.05, 4.69) is 23.5 Å². The van der Waals surface area contributed by atoms with Crippen molar-refractivity contribution in [1.29, 1.82) is 0 Å². The van der Waals surface area contributed by atoms with Gasteiger partial charge in [0.1, 0.15) is 0 Å². The summed E-state index contributed by atoms with van der Waals surface area (Å²) in [5.41, 5.74) is 0. The quantitative estimate of drug-likeness (QED) is 0.792. The number of carbonyl (C=O) groups excluding carboxylic acids is 1. The molecule has 0 bridgehead atoms. The Kier molecular flexibility index (Phi) is 8.00. The molecule has 6 heteroatoms. The van der Waals surface area contributed by atoms with Crippen molar-refractivity contribution in [1.82, 2.24) is 9.80 Å². The second-order valence-corrected chi connectivity index (χ2v) is 5.92. The predicted octanol–water partition coefficient (Wildman–Crippen LogP) is 1.59. The van der Waals surface area contributed by atoms with Crippen LogP contribution in [0.3, 0.4) is 0 Å². The zero-order valence-electron chi connectivity index (χ0n) is 14.0. The van der Waals surface area contributed by atoms with E-state index in [-0.39, 0.29) is 18.3 Å². The van der Waals surface area contributed by atoms with Crippen LogP contribution >= 0.6 is 0 Å². The van der Waals surface area contributed by atoms with E-state index < -0.39 is 0 Å². The van der Waals surface area contributed by atoms with Crippen LogP contribution in [-0.2, 0) is 14.2 Å². The van der Waals surface area contributed by atoms with E-state index in [0.29, 0.717) is 19.1 Å². The van der Waals surface area contributed by atoms with Crippen LogP contribution in [0.2, 0.25) is 0 Å². The van der Waals surface area contributed by atoms with E-state index in [1.165, 1.54) is 7.11 Å². The van der Waals surface area contributed by atoms with E-state index in [1.54, 1.807) is 4.90 Å². The van der Waals surface area contributed by atoms with E-state index in [1.807, 2.05) is 13.8 Å². The molecule has 0 aromatic heterocycles. The number of hydrogen-bond acceptors (Lipinski definition) is 5. The van der Waals surface area contributed by atoms with Crippen LogP contribution in [0.5, 0.6) is 0 Å². The van der Waals surface area contributed by atoms with Crippen LogP contribution < -0.4 is 0 Å². The molecular weight excluding hydrogens is 272 g/mol. The molecular formula is C15H30N2O4. The van der Waals surface area contributed by atoms with Crippen molar-refractivity contribution in [2.45, 2.75) is 45.9 Å². The molecule has 0 spiro atoms. The minimum absolute atomic E-state index is 0.198.